The number of carbonyl (C=O) groups excluding carboxylic acids is 3. The lowest BCUT2D eigenvalue weighted by molar-refractivity contribution is -0.156. The van der Waals surface area contributed by atoms with Gasteiger partial charge in [-0.3, -0.25) is 19.8 Å². The second-order valence-electron chi connectivity index (χ2n) is 4.60. The van der Waals surface area contributed by atoms with Crippen molar-refractivity contribution in [3.63, 3.8) is 0 Å². The van der Waals surface area contributed by atoms with Crippen LogP contribution in [0.15, 0.2) is 18.2 Å². The average Bonchev–Trinajstić information content (AvgIpc) is 2.51. The Morgan fingerprint density at radius 2 is 1.95 bits per heavy atom. The third-order valence-corrected chi connectivity index (χ3v) is 3.30. The zero-order chi connectivity index (χ0) is 15.4. The van der Waals surface area contributed by atoms with E-state index >= 15 is 0 Å². The molecule has 1 saturated heterocycles. The van der Waals surface area contributed by atoms with Crippen LogP contribution in [0, 0.1) is 0 Å². The van der Waals surface area contributed by atoms with Crippen molar-refractivity contribution in [1.82, 2.24) is 20.2 Å². The van der Waals surface area contributed by atoms with E-state index in [1.807, 2.05) is 12.3 Å². The summed E-state index contributed by atoms with van der Waals surface area (Å²) in [6.45, 7) is 3.49. The van der Waals surface area contributed by atoms with Crippen molar-refractivity contribution >= 4 is 17.7 Å². The average molecular weight is 291 g/mol. The van der Waals surface area contributed by atoms with Crippen molar-refractivity contribution in [3.05, 3.63) is 29.6 Å². The first-order chi connectivity index (χ1) is 10.1. The Labute approximate surface area is 121 Å². The van der Waals surface area contributed by atoms with Crippen molar-refractivity contribution < 1.29 is 14.4 Å². The van der Waals surface area contributed by atoms with Gasteiger partial charge in [-0.2, -0.15) is 0 Å². The van der Waals surface area contributed by atoms with Crippen LogP contribution in [0.5, 0.6) is 0 Å². The molecule has 8 nitrogen and oxygen atoms in total. The number of aromatic nitrogens is 1. The fraction of sp³-hybridized carbons (Fsp3) is 0.385. The Hall–Kier alpha value is -2.48. The number of rotatable bonds is 4. The number of hydrogen-bond donors (Lipinski definition) is 2. The molecule has 3 N–H and O–H groups in total. The second-order valence-corrected chi connectivity index (χ2v) is 4.60. The van der Waals surface area contributed by atoms with Crippen LogP contribution in [0.4, 0.5) is 0 Å². The number of carbonyl (C=O) groups is 3. The predicted octanol–water partition coefficient (Wildman–Crippen LogP) is -1.12. The van der Waals surface area contributed by atoms with Gasteiger partial charge in [0.2, 0.25) is 0 Å². The topological polar surface area (TPSA) is 109 Å². The van der Waals surface area contributed by atoms with E-state index < -0.39 is 17.7 Å². The Kier molecular flexibility index (Phi) is 4.49. The number of nitrogens with one attached hydrogen (secondary N) is 1. The van der Waals surface area contributed by atoms with E-state index in [-0.39, 0.29) is 12.2 Å². The number of nitrogens with zero attached hydrogens (tertiary/aromatic N) is 3. The van der Waals surface area contributed by atoms with Crippen LogP contribution in [0.3, 0.4) is 0 Å². The lowest BCUT2D eigenvalue weighted by Gasteiger charge is -2.32. The van der Waals surface area contributed by atoms with Crippen molar-refractivity contribution in [1.29, 1.82) is 0 Å². The van der Waals surface area contributed by atoms with Crippen molar-refractivity contribution in [2.75, 3.05) is 19.6 Å². The molecule has 0 aromatic carbocycles. The highest BCUT2D eigenvalue weighted by Gasteiger charge is 2.31. The quantitative estimate of drug-likeness (QED) is 0.316. The minimum Gasteiger partial charge on any atom is -0.333 e. The van der Waals surface area contributed by atoms with Gasteiger partial charge in [0, 0.05) is 19.6 Å². The standard InChI is InChI=1S/C13H17N5O3/c1-2-17-6-7-18(13(21)12(17)20)8-9-4-3-5-10(15-9)11(19)16-14/h3-5H,2,6-8,14H2,1H3,(H,16,19). The van der Waals surface area contributed by atoms with Crippen LogP contribution in [0.2, 0.25) is 0 Å². The first-order valence-corrected chi connectivity index (χ1v) is 6.62. The van der Waals surface area contributed by atoms with E-state index in [1.165, 1.54) is 15.9 Å². The zero-order valence-electron chi connectivity index (χ0n) is 11.7. The van der Waals surface area contributed by atoms with Crippen LogP contribution >= 0.6 is 0 Å². The third-order valence-electron chi connectivity index (χ3n) is 3.30. The minimum atomic E-state index is -0.543. The van der Waals surface area contributed by atoms with Crippen LogP contribution < -0.4 is 11.3 Å². The van der Waals surface area contributed by atoms with E-state index in [4.69, 9.17) is 5.84 Å². The van der Waals surface area contributed by atoms with Crippen LogP contribution in [-0.2, 0) is 16.1 Å². The van der Waals surface area contributed by atoms with Gasteiger partial charge in [0.15, 0.2) is 0 Å². The summed E-state index contributed by atoms with van der Waals surface area (Å²) in [6.07, 6.45) is 0. The number of hydrazine groups is 1. The Morgan fingerprint density at radius 3 is 2.62 bits per heavy atom. The monoisotopic (exact) mass is 291 g/mol. The number of pyridine rings is 1. The number of likely N-dealkylation sites (N-methyl/N-ethyl adjacent to an activating group) is 1. The number of nitrogen functional groups attached to an aromatic ring is 1. The van der Waals surface area contributed by atoms with Gasteiger partial charge in [-0.15, -0.1) is 0 Å². The summed E-state index contributed by atoms with van der Waals surface area (Å²) in [6, 6.07) is 4.87. The Balaban J connectivity index is 2.10. The molecule has 0 aliphatic carbocycles. The number of nitrogens with two attached hydrogens (primary N) is 1. The molecule has 3 amide bonds. The van der Waals surface area contributed by atoms with Gasteiger partial charge >= 0.3 is 11.8 Å². The summed E-state index contributed by atoms with van der Waals surface area (Å²) in [7, 11) is 0. The van der Waals surface area contributed by atoms with Crippen molar-refractivity contribution in [2.24, 2.45) is 5.84 Å². The molecule has 1 aromatic heterocycles. The molecule has 8 heteroatoms. The minimum absolute atomic E-state index is 0.168. The number of hydrogen-bond acceptors (Lipinski definition) is 5. The van der Waals surface area contributed by atoms with E-state index in [2.05, 4.69) is 4.98 Å². The summed E-state index contributed by atoms with van der Waals surface area (Å²) >= 11 is 0. The number of piperazine rings is 1. The molecule has 0 saturated carbocycles. The molecular formula is C13H17N5O3. The second kappa shape index (κ2) is 6.31. The molecule has 2 rings (SSSR count). The zero-order valence-corrected chi connectivity index (χ0v) is 11.7. The van der Waals surface area contributed by atoms with Gasteiger partial charge in [-0.25, -0.2) is 10.8 Å². The molecule has 0 bridgehead atoms. The summed E-state index contributed by atoms with van der Waals surface area (Å²) in [5.74, 6) is 3.51. The Bertz CT molecular complexity index is 575. The maximum Gasteiger partial charge on any atom is 0.312 e. The van der Waals surface area contributed by atoms with Crippen molar-refractivity contribution in [2.45, 2.75) is 13.5 Å². The highest BCUT2D eigenvalue weighted by atomic mass is 16.2. The normalized spacial score (nSPS) is 15.3. The van der Waals surface area contributed by atoms with Gasteiger partial charge < -0.3 is 9.80 Å². The summed E-state index contributed by atoms with van der Waals surface area (Å²) in [4.78, 5) is 42.3. The number of amides is 3. The molecule has 0 unspecified atom stereocenters. The van der Waals surface area contributed by atoms with Crippen LogP contribution in [0.1, 0.15) is 23.1 Å². The summed E-state index contributed by atoms with van der Waals surface area (Å²) in [5, 5.41) is 0. The molecule has 0 spiro atoms. The van der Waals surface area contributed by atoms with Gasteiger partial charge in [-0.1, -0.05) is 6.07 Å². The summed E-state index contributed by atoms with van der Waals surface area (Å²) < 4.78 is 0. The SMILES string of the molecule is CCN1CCN(Cc2cccc(C(=O)NN)n2)C(=O)C1=O. The van der Waals surface area contributed by atoms with Crippen LogP contribution in [-0.4, -0.2) is 52.1 Å². The van der Waals surface area contributed by atoms with Gasteiger partial charge in [-0.05, 0) is 19.1 Å². The van der Waals surface area contributed by atoms with E-state index in [9.17, 15) is 14.4 Å². The molecule has 21 heavy (non-hydrogen) atoms. The molecular weight excluding hydrogens is 274 g/mol. The molecule has 0 radical (unpaired) electrons. The molecule has 1 aliphatic heterocycles. The molecule has 1 fully saturated rings. The van der Waals surface area contributed by atoms with Crippen molar-refractivity contribution in [3.8, 4) is 0 Å². The lowest BCUT2D eigenvalue weighted by Crippen LogP contribution is -2.53. The lowest BCUT2D eigenvalue weighted by atomic mass is 10.2. The first-order valence-electron chi connectivity index (χ1n) is 6.62. The fourth-order valence-electron chi connectivity index (χ4n) is 2.13. The third kappa shape index (κ3) is 3.16. The maximum atomic E-state index is 12.0. The summed E-state index contributed by atoms with van der Waals surface area (Å²) in [5.41, 5.74) is 2.70. The highest BCUT2D eigenvalue weighted by molar-refractivity contribution is 6.35. The molecule has 1 aromatic rings. The van der Waals surface area contributed by atoms with Crippen LogP contribution in [0.25, 0.3) is 0 Å². The predicted molar refractivity (Wildman–Crippen MR) is 73.6 cm³/mol. The van der Waals surface area contributed by atoms with E-state index in [0.717, 1.165) is 0 Å². The van der Waals surface area contributed by atoms with Gasteiger partial charge in [0.1, 0.15) is 5.69 Å². The maximum absolute atomic E-state index is 12.0. The van der Waals surface area contributed by atoms with Gasteiger partial charge in [0.25, 0.3) is 5.91 Å². The fourth-order valence-corrected chi connectivity index (χ4v) is 2.13. The smallest absolute Gasteiger partial charge is 0.312 e. The van der Waals surface area contributed by atoms with E-state index in [1.54, 1.807) is 12.1 Å². The highest BCUT2D eigenvalue weighted by Crippen LogP contribution is 2.10. The molecule has 1 aliphatic rings. The molecule has 0 atom stereocenters. The van der Waals surface area contributed by atoms with E-state index in [0.29, 0.717) is 25.3 Å². The first kappa shape index (κ1) is 14.9. The van der Waals surface area contributed by atoms with Gasteiger partial charge in [0.05, 0.1) is 12.2 Å². The largest absolute Gasteiger partial charge is 0.333 e. The molecule has 112 valence electrons. The molecule has 2 heterocycles. The Morgan fingerprint density at radius 1 is 1.29 bits per heavy atom.